The van der Waals surface area contributed by atoms with Crippen LogP contribution in [0.4, 0.5) is 5.69 Å². The number of hydrogen-bond acceptors (Lipinski definition) is 5. The van der Waals surface area contributed by atoms with Crippen molar-refractivity contribution in [3.05, 3.63) is 90.0 Å². The van der Waals surface area contributed by atoms with Gasteiger partial charge in [-0.1, -0.05) is 36.4 Å². The average molecular weight is 417 g/mol. The molecule has 1 heterocycles. The van der Waals surface area contributed by atoms with Crippen molar-refractivity contribution in [1.82, 2.24) is 0 Å². The average Bonchev–Trinajstić information content (AvgIpc) is 3.01. The maximum atomic E-state index is 13.2. The molecule has 0 aromatic heterocycles. The van der Waals surface area contributed by atoms with E-state index in [-0.39, 0.29) is 25.4 Å². The largest absolute Gasteiger partial charge is 0.497 e. The lowest BCUT2D eigenvalue weighted by atomic mass is 9.88. The van der Waals surface area contributed by atoms with Crippen molar-refractivity contribution < 1.29 is 24.2 Å². The van der Waals surface area contributed by atoms with Crippen LogP contribution in [0, 0.1) is 0 Å². The molecule has 4 rings (SSSR count). The number of benzene rings is 3. The first-order chi connectivity index (χ1) is 15.0. The molecule has 0 fully saturated rings. The summed E-state index contributed by atoms with van der Waals surface area (Å²) in [5.41, 5.74) is -0.485. The minimum Gasteiger partial charge on any atom is -0.497 e. The zero-order chi connectivity index (χ0) is 21.8. The molecule has 1 N–H and O–H groups in total. The van der Waals surface area contributed by atoms with E-state index in [1.807, 2.05) is 30.3 Å². The number of ketones is 1. The number of ether oxygens (including phenoxy) is 2. The van der Waals surface area contributed by atoms with Crippen molar-refractivity contribution in [3.8, 4) is 11.5 Å². The molecule has 1 amide bonds. The van der Waals surface area contributed by atoms with Crippen LogP contribution in [-0.2, 0) is 10.4 Å². The Morgan fingerprint density at radius 1 is 0.935 bits per heavy atom. The van der Waals surface area contributed by atoms with Gasteiger partial charge >= 0.3 is 0 Å². The maximum absolute atomic E-state index is 13.2. The molecule has 0 radical (unpaired) electrons. The zero-order valence-corrected chi connectivity index (χ0v) is 17.2. The van der Waals surface area contributed by atoms with Gasteiger partial charge in [0.2, 0.25) is 0 Å². The minimum atomic E-state index is -1.92. The summed E-state index contributed by atoms with van der Waals surface area (Å²) < 4.78 is 10.8. The van der Waals surface area contributed by atoms with Gasteiger partial charge in [0.15, 0.2) is 11.4 Å². The molecule has 3 aromatic carbocycles. The fraction of sp³-hybridized carbons (Fsp3) is 0.200. The first kappa shape index (κ1) is 20.6. The number of hydrogen-bond donors (Lipinski definition) is 1. The number of carbonyl (C=O) groups is 2. The molecule has 6 nitrogen and oxygen atoms in total. The van der Waals surface area contributed by atoms with Crippen molar-refractivity contribution in [2.45, 2.75) is 12.0 Å². The first-order valence-corrected chi connectivity index (χ1v) is 10.0. The standard InChI is InChI=1S/C25H23NO5/c1-30-19-13-11-18(12-14-19)23(27)17-25(29)21-9-5-6-10-22(21)26(24(25)28)15-16-31-20-7-3-2-4-8-20/h2-14,29H,15-17H2,1H3/t25-/m1/s1. The van der Waals surface area contributed by atoms with Gasteiger partial charge in [-0.3, -0.25) is 9.59 Å². The van der Waals surface area contributed by atoms with Crippen LogP contribution in [-0.4, -0.2) is 37.1 Å². The monoisotopic (exact) mass is 417 g/mol. The molecule has 3 aromatic rings. The summed E-state index contributed by atoms with van der Waals surface area (Å²) in [6, 6.07) is 22.9. The highest BCUT2D eigenvalue weighted by Gasteiger charge is 2.50. The Balaban J connectivity index is 1.53. The molecule has 1 aliphatic rings. The SMILES string of the molecule is COc1ccc(C(=O)C[C@]2(O)C(=O)N(CCOc3ccccc3)c3ccccc32)cc1. The number of anilines is 1. The highest BCUT2D eigenvalue weighted by Crippen LogP contribution is 2.42. The summed E-state index contributed by atoms with van der Waals surface area (Å²) in [4.78, 5) is 27.6. The lowest BCUT2D eigenvalue weighted by Crippen LogP contribution is -2.43. The van der Waals surface area contributed by atoms with Gasteiger partial charge in [-0.15, -0.1) is 0 Å². The molecule has 0 aliphatic carbocycles. The van der Waals surface area contributed by atoms with Crippen LogP contribution in [0.15, 0.2) is 78.9 Å². The number of para-hydroxylation sites is 2. The maximum Gasteiger partial charge on any atom is 0.264 e. The highest BCUT2D eigenvalue weighted by molar-refractivity contribution is 6.10. The Bertz CT molecular complexity index is 1080. The van der Waals surface area contributed by atoms with Crippen LogP contribution in [0.2, 0.25) is 0 Å². The van der Waals surface area contributed by atoms with Crippen molar-refractivity contribution in [1.29, 1.82) is 0 Å². The Kier molecular flexibility index (Phi) is 5.73. The number of rotatable bonds is 8. The number of aliphatic hydroxyl groups is 1. The van der Waals surface area contributed by atoms with E-state index in [0.29, 0.717) is 28.3 Å². The number of nitrogens with zero attached hydrogens (tertiary/aromatic N) is 1. The van der Waals surface area contributed by atoms with Crippen molar-refractivity contribution in [2.24, 2.45) is 0 Å². The summed E-state index contributed by atoms with van der Waals surface area (Å²) in [6.07, 6.45) is -0.342. The van der Waals surface area contributed by atoms with Gasteiger partial charge in [-0.25, -0.2) is 0 Å². The molecule has 0 spiro atoms. The fourth-order valence-electron chi connectivity index (χ4n) is 3.78. The van der Waals surface area contributed by atoms with E-state index in [4.69, 9.17) is 9.47 Å². The summed E-state index contributed by atoms with van der Waals surface area (Å²) in [5, 5.41) is 11.4. The summed E-state index contributed by atoms with van der Waals surface area (Å²) in [7, 11) is 1.55. The Morgan fingerprint density at radius 3 is 2.32 bits per heavy atom. The molecule has 6 heteroatoms. The second kappa shape index (κ2) is 8.62. The van der Waals surface area contributed by atoms with Gasteiger partial charge in [0.05, 0.1) is 25.8 Å². The predicted octanol–water partition coefficient (Wildman–Crippen LogP) is 3.58. The van der Waals surface area contributed by atoms with Gasteiger partial charge in [0, 0.05) is 11.1 Å². The fourth-order valence-corrected chi connectivity index (χ4v) is 3.78. The van der Waals surface area contributed by atoms with Crippen LogP contribution in [0.1, 0.15) is 22.3 Å². The van der Waals surface area contributed by atoms with Crippen LogP contribution >= 0.6 is 0 Å². The summed E-state index contributed by atoms with van der Waals surface area (Å²) in [5.74, 6) is 0.484. The van der Waals surface area contributed by atoms with Gasteiger partial charge in [0.25, 0.3) is 5.91 Å². The second-order valence-corrected chi connectivity index (χ2v) is 7.32. The third-order valence-electron chi connectivity index (χ3n) is 5.39. The normalized spacial score (nSPS) is 17.4. The molecule has 0 bridgehead atoms. The highest BCUT2D eigenvalue weighted by atomic mass is 16.5. The number of methoxy groups -OCH3 is 1. The molecular weight excluding hydrogens is 394 g/mol. The quantitative estimate of drug-likeness (QED) is 0.567. The zero-order valence-electron chi connectivity index (χ0n) is 17.2. The van der Waals surface area contributed by atoms with Gasteiger partial charge in [-0.05, 0) is 42.5 Å². The van der Waals surface area contributed by atoms with Crippen molar-refractivity contribution >= 4 is 17.4 Å². The number of amides is 1. The van der Waals surface area contributed by atoms with E-state index in [2.05, 4.69) is 0 Å². The number of Topliss-reactive ketones (excluding diaryl/α,β-unsaturated/α-hetero) is 1. The topological polar surface area (TPSA) is 76.1 Å². The van der Waals surface area contributed by atoms with E-state index >= 15 is 0 Å². The number of fused-ring (bicyclic) bond motifs is 1. The molecule has 0 saturated carbocycles. The predicted molar refractivity (Wildman–Crippen MR) is 117 cm³/mol. The van der Waals surface area contributed by atoms with E-state index in [1.54, 1.807) is 55.6 Å². The van der Waals surface area contributed by atoms with E-state index in [0.717, 1.165) is 0 Å². The van der Waals surface area contributed by atoms with Gasteiger partial charge in [0.1, 0.15) is 18.1 Å². The Hall–Kier alpha value is -3.64. The molecule has 0 unspecified atom stereocenters. The second-order valence-electron chi connectivity index (χ2n) is 7.32. The lowest BCUT2D eigenvalue weighted by molar-refractivity contribution is -0.135. The van der Waals surface area contributed by atoms with Gasteiger partial charge < -0.3 is 19.5 Å². The first-order valence-electron chi connectivity index (χ1n) is 10.0. The Morgan fingerprint density at radius 2 is 1.61 bits per heavy atom. The molecule has 1 aliphatic heterocycles. The van der Waals surface area contributed by atoms with Crippen molar-refractivity contribution in [2.75, 3.05) is 25.2 Å². The van der Waals surface area contributed by atoms with Crippen LogP contribution in [0.3, 0.4) is 0 Å². The third-order valence-corrected chi connectivity index (χ3v) is 5.39. The van der Waals surface area contributed by atoms with E-state index < -0.39 is 11.5 Å². The molecule has 31 heavy (non-hydrogen) atoms. The van der Waals surface area contributed by atoms with Gasteiger partial charge in [-0.2, -0.15) is 0 Å². The Labute approximate surface area is 180 Å². The van der Waals surface area contributed by atoms with E-state index in [1.165, 1.54) is 4.90 Å². The smallest absolute Gasteiger partial charge is 0.264 e. The van der Waals surface area contributed by atoms with Crippen LogP contribution in [0.25, 0.3) is 0 Å². The van der Waals surface area contributed by atoms with E-state index in [9.17, 15) is 14.7 Å². The van der Waals surface area contributed by atoms with Crippen molar-refractivity contribution in [3.63, 3.8) is 0 Å². The van der Waals surface area contributed by atoms with Crippen LogP contribution in [0.5, 0.6) is 11.5 Å². The minimum absolute atomic E-state index is 0.254. The molecule has 158 valence electrons. The number of carbonyl (C=O) groups excluding carboxylic acids is 2. The lowest BCUT2D eigenvalue weighted by Gasteiger charge is -2.23. The molecular formula is C25H23NO5. The summed E-state index contributed by atoms with van der Waals surface area (Å²) in [6.45, 7) is 0.510. The van der Waals surface area contributed by atoms with Crippen LogP contribution < -0.4 is 14.4 Å². The third kappa shape index (κ3) is 4.02. The summed E-state index contributed by atoms with van der Waals surface area (Å²) >= 11 is 0. The molecule has 0 saturated heterocycles. The molecule has 1 atom stereocenters.